The molecule has 9 heteroatoms. The summed E-state index contributed by atoms with van der Waals surface area (Å²) in [6.45, 7) is 0.192. The summed E-state index contributed by atoms with van der Waals surface area (Å²) in [7, 11) is -2.07. The van der Waals surface area contributed by atoms with Crippen LogP contribution in [0.15, 0.2) is 53.4 Å². The summed E-state index contributed by atoms with van der Waals surface area (Å²) in [5, 5.41) is 2.53. The second kappa shape index (κ2) is 7.90. The molecule has 1 N–H and O–H groups in total. The van der Waals surface area contributed by atoms with Gasteiger partial charge in [0, 0.05) is 31.3 Å². The number of halogens is 2. The number of amides is 2. The molecule has 0 saturated carbocycles. The van der Waals surface area contributed by atoms with Crippen LogP contribution in [0.3, 0.4) is 0 Å². The lowest BCUT2D eigenvalue weighted by Gasteiger charge is -2.18. The normalized spacial score (nSPS) is 19.6. The molecule has 2 aromatic rings. The van der Waals surface area contributed by atoms with Crippen molar-refractivity contribution in [1.82, 2.24) is 4.90 Å². The van der Waals surface area contributed by atoms with Crippen molar-refractivity contribution in [3.05, 3.63) is 59.7 Å². The summed E-state index contributed by atoms with van der Waals surface area (Å²) >= 11 is 0. The largest absolute Gasteiger partial charge is 0.344 e. The SMILES string of the molecule is CN1C[C@H](c2cccc(C(F)F)c2)[C@@H](C(=O)Nc2ccccc2S(C)(=O)=O)C1=O. The van der Waals surface area contributed by atoms with E-state index in [0.717, 1.165) is 6.26 Å². The van der Waals surface area contributed by atoms with Crippen molar-refractivity contribution in [1.29, 1.82) is 0 Å². The van der Waals surface area contributed by atoms with Gasteiger partial charge in [-0.1, -0.05) is 30.3 Å². The summed E-state index contributed by atoms with van der Waals surface area (Å²) in [5.74, 6) is -2.91. The van der Waals surface area contributed by atoms with Crippen molar-refractivity contribution in [3.63, 3.8) is 0 Å². The fraction of sp³-hybridized carbons (Fsp3) is 0.300. The number of alkyl halides is 2. The first-order valence-corrected chi connectivity index (χ1v) is 10.7. The first-order valence-electron chi connectivity index (χ1n) is 8.82. The molecule has 1 aliphatic heterocycles. The molecule has 1 heterocycles. The van der Waals surface area contributed by atoms with Crippen LogP contribution in [-0.2, 0) is 19.4 Å². The number of benzene rings is 2. The van der Waals surface area contributed by atoms with E-state index in [9.17, 15) is 26.8 Å². The third-order valence-corrected chi connectivity index (χ3v) is 6.09. The number of nitrogens with zero attached hydrogens (tertiary/aromatic N) is 1. The number of likely N-dealkylation sites (tertiary alicyclic amines) is 1. The van der Waals surface area contributed by atoms with E-state index < -0.39 is 39.9 Å². The Labute approximate surface area is 167 Å². The van der Waals surface area contributed by atoms with E-state index in [-0.39, 0.29) is 22.7 Å². The number of carbonyl (C=O) groups is 2. The van der Waals surface area contributed by atoms with Crippen LogP contribution in [0.5, 0.6) is 0 Å². The van der Waals surface area contributed by atoms with Gasteiger partial charge < -0.3 is 10.2 Å². The molecule has 0 bridgehead atoms. The van der Waals surface area contributed by atoms with E-state index in [2.05, 4.69) is 5.32 Å². The van der Waals surface area contributed by atoms with E-state index in [1.165, 1.54) is 48.3 Å². The summed E-state index contributed by atoms with van der Waals surface area (Å²) in [5.41, 5.74) is 0.338. The quantitative estimate of drug-likeness (QED) is 0.751. The van der Waals surface area contributed by atoms with E-state index >= 15 is 0 Å². The molecule has 0 radical (unpaired) electrons. The Morgan fingerprint density at radius 2 is 1.86 bits per heavy atom. The summed E-state index contributed by atoms with van der Waals surface area (Å²) in [4.78, 5) is 26.9. The zero-order chi connectivity index (χ0) is 21.3. The molecule has 1 aliphatic rings. The van der Waals surface area contributed by atoms with Gasteiger partial charge in [-0.2, -0.15) is 0 Å². The summed E-state index contributed by atoms with van der Waals surface area (Å²) < 4.78 is 50.1. The van der Waals surface area contributed by atoms with Gasteiger partial charge in [0.1, 0.15) is 5.92 Å². The second-order valence-electron chi connectivity index (χ2n) is 7.03. The Balaban J connectivity index is 1.94. The summed E-state index contributed by atoms with van der Waals surface area (Å²) in [6.07, 6.45) is -1.65. The predicted octanol–water partition coefficient (Wildman–Crippen LogP) is 2.84. The molecule has 6 nitrogen and oxygen atoms in total. The monoisotopic (exact) mass is 422 g/mol. The molecule has 154 valence electrons. The topological polar surface area (TPSA) is 83.6 Å². The Kier molecular flexibility index (Phi) is 5.70. The third-order valence-electron chi connectivity index (χ3n) is 4.93. The van der Waals surface area contributed by atoms with Crippen LogP contribution < -0.4 is 5.32 Å². The van der Waals surface area contributed by atoms with Gasteiger partial charge in [0.2, 0.25) is 11.8 Å². The molecular formula is C20H20F2N2O4S. The maximum absolute atomic E-state index is 13.1. The van der Waals surface area contributed by atoms with Crippen LogP contribution in [-0.4, -0.2) is 45.0 Å². The van der Waals surface area contributed by atoms with E-state index in [0.29, 0.717) is 5.56 Å². The van der Waals surface area contributed by atoms with Gasteiger partial charge in [-0.3, -0.25) is 9.59 Å². The van der Waals surface area contributed by atoms with Crippen LogP contribution in [0.25, 0.3) is 0 Å². The fourth-order valence-electron chi connectivity index (χ4n) is 3.52. The molecule has 29 heavy (non-hydrogen) atoms. The number of para-hydroxylation sites is 1. The second-order valence-corrected chi connectivity index (χ2v) is 9.02. The molecule has 2 amide bonds. The number of sulfone groups is 1. The highest BCUT2D eigenvalue weighted by atomic mass is 32.2. The van der Waals surface area contributed by atoms with E-state index in [4.69, 9.17) is 0 Å². The van der Waals surface area contributed by atoms with Crippen molar-refractivity contribution < 1.29 is 26.8 Å². The molecule has 0 unspecified atom stereocenters. The highest BCUT2D eigenvalue weighted by Gasteiger charge is 2.44. The molecule has 0 spiro atoms. The number of rotatable bonds is 5. The minimum atomic E-state index is -3.60. The molecule has 0 aromatic heterocycles. The average Bonchev–Trinajstić information content (AvgIpc) is 2.96. The third kappa shape index (κ3) is 4.29. The van der Waals surface area contributed by atoms with Crippen LogP contribution >= 0.6 is 0 Å². The molecule has 1 fully saturated rings. The van der Waals surface area contributed by atoms with Crippen LogP contribution in [0.2, 0.25) is 0 Å². The number of hydrogen-bond acceptors (Lipinski definition) is 4. The maximum Gasteiger partial charge on any atom is 0.263 e. The number of carbonyl (C=O) groups excluding carboxylic acids is 2. The maximum atomic E-state index is 13.1. The number of hydrogen-bond donors (Lipinski definition) is 1. The fourth-order valence-corrected chi connectivity index (χ4v) is 4.37. The predicted molar refractivity (Wildman–Crippen MR) is 103 cm³/mol. The Morgan fingerprint density at radius 3 is 2.52 bits per heavy atom. The highest BCUT2D eigenvalue weighted by Crippen LogP contribution is 2.36. The Hall–Kier alpha value is -2.81. The van der Waals surface area contributed by atoms with Gasteiger partial charge in [0.15, 0.2) is 9.84 Å². The lowest BCUT2D eigenvalue weighted by Crippen LogP contribution is -2.33. The molecule has 2 atom stereocenters. The van der Waals surface area contributed by atoms with Gasteiger partial charge in [-0.15, -0.1) is 0 Å². The van der Waals surface area contributed by atoms with Gasteiger partial charge in [-0.05, 0) is 23.8 Å². The van der Waals surface area contributed by atoms with Crippen LogP contribution in [0.4, 0.5) is 14.5 Å². The van der Waals surface area contributed by atoms with Crippen LogP contribution in [0, 0.1) is 5.92 Å². The van der Waals surface area contributed by atoms with Crippen molar-refractivity contribution in [2.24, 2.45) is 5.92 Å². The standard InChI is InChI=1S/C20H20F2N2O4S/c1-24-11-14(12-6-5-7-13(10-12)18(21)22)17(20(24)26)19(25)23-15-8-3-4-9-16(15)29(2,27)28/h3-10,14,17-18H,11H2,1-2H3,(H,23,25)/t14-,17+/m1/s1. The van der Waals surface area contributed by atoms with Gasteiger partial charge in [0.05, 0.1) is 10.6 Å². The number of nitrogens with one attached hydrogen (secondary N) is 1. The average molecular weight is 422 g/mol. The minimum Gasteiger partial charge on any atom is -0.344 e. The molecular weight excluding hydrogens is 402 g/mol. The van der Waals surface area contributed by atoms with Crippen molar-refractivity contribution >= 4 is 27.3 Å². The smallest absolute Gasteiger partial charge is 0.263 e. The molecule has 3 rings (SSSR count). The van der Waals surface area contributed by atoms with Crippen molar-refractivity contribution in [2.75, 3.05) is 25.2 Å². The van der Waals surface area contributed by atoms with Gasteiger partial charge >= 0.3 is 0 Å². The number of anilines is 1. The Bertz CT molecular complexity index is 1060. The van der Waals surface area contributed by atoms with Crippen molar-refractivity contribution in [2.45, 2.75) is 17.2 Å². The Morgan fingerprint density at radius 1 is 1.17 bits per heavy atom. The summed E-state index contributed by atoms with van der Waals surface area (Å²) in [6, 6.07) is 11.5. The van der Waals surface area contributed by atoms with E-state index in [1.54, 1.807) is 12.1 Å². The first kappa shape index (κ1) is 20.9. The lowest BCUT2D eigenvalue weighted by molar-refractivity contribution is -0.135. The zero-order valence-corrected chi connectivity index (χ0v) is 16.6. The molecule has 1 saturated heterocycles. The van der Waals surface area contributed by atoms with E-state index in [1.807, 2.05) is 0 Å². The zero-order valence-electron chi connectivity index (χ0n) is 15.8. The molecule has 0 aliphatic carbocycles. The highest BCUT2D eigenvalue weighted by molar-refractivity contribution is 7.90. The minimum absolute atomic E-state index is 0.0663. The van der Waals surface area contributed by atoms with Gasteiger partial charge in [-0.25, -0.2) is 17.2 Å². The lowest BCUT2D eigenvalue weighted by atomic mass is 9.87. The van der Waals surface area contributed by atoms with Crippen LogP contribution in [0.1, 0.15) is 23.5 Å². The number of likely N-dealkylation sites (N-methyl/N-ethyl adjacent to an activating group) is 1. The first-order chi connectivity index (χ1) is 13.6. The van der Waals surface area contributed by atoms with Gasteiger partial charge in [0.25, 0.3) is 6.43 Å². The van der Waals surface area contributed by atoms with Crippen molar-refractivity contribution in [3.8, 4) is 0 Å². The molecule has 2 aromatic carbocycles.